The summed E-state index contributed by atoms with van der Waals surface area (Å²) >= 11 is 0. The maximum atomic E-state index is 6.13. The van der Waals surface area contributed by atoms with Gasteiger partial charge in [-0.25, -0.2) is 0 Å². The van der Waals surface area contributed by atoms with Gasteiger partial charge in [0.2, 0.25) is 0 Å². The Morgan fingerprint density at radius 2 is 1.34 bits per heavy atom. The third kappa shape index (κ3) is 4.57. The Labute approximate surface area is 211 Å². The third-order valence-corrected chi connectivity index (χ3v) is 13.2. The van der Waals surface area contributed by atoms with Gasteiger partial charge in [-0.3, -0.25) is 0 Å². The van der Waals surface area contributed by atoms with Crippen LogP contribution < -0.4 is 20.5 Å². The maximum Gasteiger partial charge on any atom is 0.119 e. The fourth-order valence-corrected chi connectivity index (χ4v) is 11.1. The lowest BCUT2D eigenvalue weighted by atomic mass is 10.1. The summed E-state index contributed by atoms with van der Waals surface area (Å²) in [7, 11) is -2.67. The van der Waals surface area contributed by atoms with Crippen molar-refractivity contribution in [2.24, 2.45) is 0 Å². The number of benzene rings is 4. The maximum absolute atomic E-state index is 6.13. The molecule has 1 nitrogen and oxygen atoms in total. The van der Waals surface area contributed by atoms with Gasteiger partial charge in [-0.2, -0.15) is 0 Å². The molecule has 0 spiro atoms. The molecule has 1 aliphatic carbocycles. The Hall–Kier alpha value is -3.19. The van der Waals surface area contributed by atoms with E-state index in [9.17, 15) is 0 Å². The average molecular weight is 491 g/mol. The van der Waals surface area contributed by atoms with Crippen LogP contribution in [-0.4, -0.2) is 14.7 Å². The van der Waals surface area contributed by atoms with Gasteiger partial charge in [-0.15, -0.1) is 0 Å². The molecule has 1 unspecified atom stereocenters. The fourth-order valence-electron chi connectivity index (χ4n) is 5.15. The molecule has 0 amide bonds. The lowest BCUT2D eigenvalue weighted by Gasteiger charge is -2.31. The summed E-state index contributed by atoms with van der Waals surface area (Å²) in [6, 6.07) is 39.7. The molecule has 5 rings (SSSR count). The first-order valence-electron chi connectivity index (χ1n) is 12.2. The minimum Gasteiger partial charge on any atom is -0.490 e. The van der Waals surface area contributed by atoms with Crippen molar-refractivity contribution in [2.45, 2.75) is 18.6 Å². The van der Waals surface area contributed by atoms with E-state index in [1.807, 2.05) is 6.08 Å². The Morgan fingerprint density at radius 1 is 0.771 bits per heavy atom. The minimum absolute atomic E-state index is 0.375. The van der Waals surface area contributed by atoms with Crippen molar-refractivity contribution in [3.05, 3.63) is 139 Å². The van der Waals surface area contributed by atoms with Gasteiger partial charge in [0.1, 0.15) is 12.4 Å². The zero-order valence-electron chi connectivity index (χ0n) is 20.4. The highest BCUT2D eigenvalue weighted by Crippen LogP contribution is 2.56. The molecule has 1 atom stereocenters. The summed E-state index contributed by atoms with van der Waals surface area (Å²) in [5, 5.41) is 5.63. The summed E-state index contributed by atoms with van der Waals surface area (Å²) < 4.78 is 6.13. The van der Waals surface area contributed by atoms with Crippen LogP contribution in [-0.2, 0) is 0 Å². The van der Waals surface area contributed by atoms with E-state index >= 15 is 0 Å². The molecular formula is C32H31OPSi. The van der Waals surface area contributed by atoms with Crippen LogP contribution in [0, 0.1) is 0 Å². The van der Waals surface area contributed by atoms with E-state index in [2.05, 4.69) is 135 Å². The molecule has 0 fully saturated rings. The average Bonchev–Trinajstić information content (AvgIpc) is 3.29. The highest BCUT2D eigenvalue weighted by Gasteiger charge is 2.41. The van der Waals surface area contributed by atoms with Crippen molar-refractivity contribution < 1.29 is 4.74 Å². The van der Waals surface area contributed by atoms with Crippen LogP contribution in [0.2, 0.25) is 13.1 Å². The van der Waals surface area contributed by atoms with Crippen molar-refractivity contribution in [2.75, 3.05) is 6.61 Å². The minimum atomic E-state index is -2.01. The number of para-hydroxylation sites is 1. The Morgan fingerprint density at radius 3 is 2.00 bits per heavy atom. The highest BCUT2D eigenvalue weighted by atomic mass is 31.1. The number of rotatable bonds is 8. The molecule has 0 aromatic heterocycles. The number of allylic oxidation sites excluding steroid dienone is 1. The molecule has 0 N–H and O–H groups in total. The molecule has 0 radical (unpaired) electrons. The summed E-state index contributed by atoms with van der Waals surface area (Å²) in [5.41, 5.74) is 3.23. The number of ether oxygens (including phenoxy) is 1. The SMILES string of the molecule is C=CCOc1ccccc1[Si](C)(C)C1C=C(P(c2ccccc2)c2ccccc2)c2ccccc21. The van der Waals surface area contributed by atoms with Gasteiger partial charge < -0.3 is 4.74 Å². The van der Waals surface area contributed by atoms with Crippen LogP contribution in [0.25, 0.3) is 5.31 Å². The second-order valence-electron chi connectivity index (χ2n) is 9.44. The summed E-state index contributed by atoms with van der Waals surface area (Å²) in [4.78, 5) is 0. The molecule has 1 aliphatic rings. The Bertz CT molecular complexity index is 1300. The Balaban J connectivity index is 1.66. The normalized spacial score (nSPS) is 14.9. The molecule has 4 aromatic rings. The van der Waals surface area contributed by atoms with E-state index in [0.29, 0.717) is 12.1 Å². The molecule has 0 heterocycles. The van der Waals surface area contributed by atoms with Gasteiger partial charge in [-0.05, 0) is 46.2 Å². The Kier molecular flexibility index (Phi) is 6.86. The molecule has 0 aliphatic heterocycles. The lowest BCUT2D eigenvalue weighted by molar-refractivity contribution is 0.366. The molecule has 174 valence electrons. The first kappa shape index (κ1) is 23.5. The zero-order valence-corrected chi connectivity index (χ0v) is 22.3. The monoisotopic (exact) mass is 490 g/mol. The smallest absolute Gasteiger partial charge is 0.119 e. The number of hydrogen-bond acceptors (Lipinski definition) is 1. The standard InChI is InChI=1S/C32H31OPSi/c1-4-23-33-29-21-13-14-22-31(29)35(2,3)32-24-30(27-19-11-12-20-28(27)32)34(25-15-7-5-8-16-25)26-17-9-6-10-18-26/h4-22,24,32H,1,23H2,2-3H3. The molecule has 0 saturated heterocycles. The molecular weight excluding hydrogens is 459 g/mol. The quantitative estimate of drug-likeness (QED) is 0.147. The molecule has 35 heavy (non-hydrogen) atoms. The van der Waals surface area contributed by atoms with Crippen molar-refractivity contribution >= 4 is 37.1 Å². The van der Waals surface area contributed by atoms with E-state index in [1.54, 1.807) is 0 Å². The van der Waals surface area contributed by atoms with E-state index in [-0.39, 0.29) is 0 Å². The van der Waals surface area contributed by atoms with Gasteiger partial charge >= 0.3 is 0 Å². The van der Waals surface area contributed by atoms with Crippen molar-refractivity contribution in [1.82, 2.24) is 0 Å². The van der Waals surface area contributed by atoms with Gasteiger partial charge in [0, 0.05) is 5.54 Å². The van der Waals surface area contributed by atoms with Gasteiger partial charge in [-0.1, -0.05) is 135 Å². The molecule has 4 aromatic carbocycles. The van der Waals surface area contributed by atoms with Crippen LogP contribution in [0.5, 0.6) is 5.75 Å². The van der Waals surface area contributed by atoms with E-state index in [0.717, 1.165) is 5.75 Å². The lowest BCUT2D eigenvalue weighted by Crippen LogP contribution is -2.47. The van der Waals surface area contributed by atoms with Crippen LogP contribution in [0.1, 0.15) is 16.7 Å². The zero-order chi connectivity index (χ0) is 24.3. The molecule has 0 saturated carbocycles. The van der Waals surface area contributed by atoms with Crippen LogP contribution >= 0.6 is 7.92 Å². The first-order valence-corrected chi connectivity index (χ1v) is 16.6. The summed E-state index contributed by atoms with van der Waals surface area (Å²) in [5.74, 6) is 0.997. The van der Waals surface area contributed by atoms with Crippen molar-refractivity contribution in [3.63, 3.8) is 0 Å². The van der Waals surface area contributed by atoms with Crippen LogP contribution in [0.15, 0.2) is 128 Å². The van der Waals surface area contributed by atoms with E-state index in [4.69, 9.17) is 4.74 Å². The summed E-state index contributed by atoms with van der Waals surface area (Å²) in [6.45, 7) is 9.33. The van der Waals surface area contributed by atoms with Crippen molar-refractivity contribution in [3.8, 4) is 5.75 Å². The highest BCUT2D eigenvalue weighted by molar-refractivity contribution is 7.82. The largest absolute Gasteiger partial charge is 0.490 e. The second kappa shape index (κ2) is 10.2. The second-order valence-corrected chi connectivity index (χ2v) is 16.2. The van der Waals surface area contributed by atoms with Crippen molar-refractivity contribution in [1.29, 1.82) is 0 Å². The van der Waals surface area contributed by atoms with Crippen LogP contribution in [0.3, 0.4) is 0 Å². The fraction of sp³-hybridized carbons (Fsp3) is 0.125. The van der Waals surface area contributed by atoms with E-state index in [1.165, 1.54) is 32.2 Å². The topological polar surface area (TPSA) is 9.23 Å². The third-order valence-electron chi connectivity index (χ3n) is 6.88. The van der Waals surface area contributed by atoms with Crippen LogP contribution in [0.4, 0.5) is 0 Å². The molecule has 0 bridgehead atoms. The summed E-state index contributed by atoms with van der Waals surface area (Å²) in [6.07, 6.45) is 4.42. The predicted molar refractivity (Wildman–Crippen MR) is 155 cm³/mol. The van der Waals surface area contributed by atoms with Gasteiger partial charge in [0.25, 0.3) is 0 Å². The predicted octanol–water partition coefficient (Wildman–Crippen LogP) is 6.98. The number of hydrogen-bond donors (Lipinski definition) is 0. The molecule has 3 heteroatoms. The number of fused-ring (bicyclic) bond motifs is 1. The van der Waals surface area contributed by atoms with Gasteiger partial charge in [0.05, 0.1) is 8.07 Å². The van der Waals surface area contributed by atoms with E-state index < -0.39 is 16.0 Å². The first-order chi connectivity index (χ1) is 17.1. The van der Waals surface area contributed by atoms with Gasteiger partial charge in [0.15, 0.2) is 0 Å².